The van der Waals surface area contributed by atoms with Crippen molar-refractivity contribution in [2.45, 2.75) is 25.9 Å². The van der Waals surface area contributed by atoms with Gasteiger partial charge in [-0.3, -0.25) is 9.59 Å². The molecule has 0 amide bonds. The maximum Gasteiger partial charge on any atom is 0.309 e. The van der Waals surface area contributed by atoms with Gasteiger partial charge in [0.1, 0.15) is 6.10 Å². The molecule has 5 unspecified atom stereocenters. The molecule has 2 bridgehead atoms. The molecule has 3 fully saturated rings. The van der Waals surface area contributed by atoms with Gasteiger partial charge in [0.15, 0.2) is 0 Å². The maximum absolute atomic E-state index is 11.5. The molecule has 0 radical (unpaired) electrons. The second kappa shape index (κ2) is 2.97. The molecule has 0 aromatic rings. The molecule has 15 heavy (non-hydrogen) atoms. The van der Waals surface area contributed by atoms with Gasteiger partial charge >= 0.3 is 11.9 Å². The lowest BCUT2D eigenvalue weighted by Crippen LogP contribution is -2.34. The molecule has 3 rings (SSSR count). The summed E-state index contributed by atoms with van der Waals surface area (Å²) < 4.78 is 10.3. The van der Waals surface area contributed by atoms with Crippen LogP contribution < -0.4 is 0 Å². The first-order valence-corrected chi connectivity index (χ1v) is 5.50. The van der Waals surface area contributed by atoms with Crippen LogP contribution in [0.2, 0.25) is 0 Å². The highest BCUT2D eigenvalue weighted by Gasteiger charge is 2.60. The number of carbonyl (C=O) groups excluding carboxylic acids is 2. The summed E-state index contributed by atoms with van der Waals surface area (Å²) in [7, 11) is 0. The van der Waals surface area contributed by atoms with Crippen LogP contribution in [0.5, 0.6) is 0 Å². The molecule has 1 heterocycles. The Labute approximate surface area is 87.9 Å². The molecule has 0 aromatic carbocycles. The smallest absolute Gasteiger partial charge is 0.309 e. The average Bonchev–Trinajstić information content (AvgIpc) is 2.77. The normalized spacial score (nSPS) is 46.5. The monoisotopic (exact) mass is 210 g/mol. The Kier molecular flexibility index (Phi) is 1.82. The summed E-state index contributed by atoms with van der Waals surface area (Å²) in [5.41, 5.74) is 0. The number of esters is 2. The van der Waals surface area contributed by atoms with Crippen molar-refractivity contribution in [1.29, 1.82) is 0 Å². The van der Waals surface area contributed by atoms with Crippen LogP contribution in [0, 0.1) is 23.7 Å². The van der Waals surface area contributed by atoms with Gasteiger partial charge in [0.2, 0.25) is 0 Å². The third-order valence-corrected chi connectivity index (χ3v) is 4.12. The molecule has 1 aliphatic heterocycles. The van der Waals surface area contributed by atoms with Gasteiger partial charge in [-0.1, -0.05) is 0 Å². The third kappa shape index (κ3) is 1.20. The SMILES string of the molecule is CC(=O)OC1CC2CC1C1C(=O)OCC21. The van der Waals surface area contributed by atoms with Gasteiger partial charge in [-0.15, -0.1) is 0 Å². The molecule has 1 saturated heterocycles. The van der Waals surface area contributed by atoms with Crippen LogP contribution in [0.1, 0.15) is 19.8 Å². The van der Waals surface area contributed by atoms with Gasteiger partial charge in [-0.25, -0.2) is 0 Å². The molecule has 0 aromatic heterocycles. The zero-order chi connectivity index (χ0) is 10.6. The van der Waals surface area contributed by atoms with E-state index in [1.165, 1.54) is 6.92 Å². The minimum Gasteiger partial charge on any atom is -0.465 e. The number of rotatable bonds is 1. The van der Waals surface area contributed by atoms with Crippen LogP contribution in [0.25, 0.3) is 0 Å². The Balaban J connectivity index is 1.79. The van der Waals surface area contributed by atoms with Gasteiger partial charge in [0.25, 0.3) is 0 Å². The first kappa shape index (κ1) is 9.19. The van der Waals surface area contributed by atoms with Crippen LogP contribution in [0.3, 0.4) is 0 Å². The standard InChI is InChI=1S/C11H14O4/c1-5(12)15-9-3-6-2-7(9)10-8(6)4-14-11(10)13/h6-10H,2-4H2,1H3. The van der Waals surface area contributed by atoms with E-state index in [1.807, 2.05) is 0 Å². The molecule has 0 spiro atoms. The second-order valence-corrected chi connectivity index (χ2v) is 4.86. The van der Waals surface area contributed by atoms with E-state index in [0.29, 0.717) is 18.4 Å². The van der Waals surface area contributed by atoms with Crippen molar-refractivity contribution in [2.75, 3.05) is 6.61 Å². The summed E-state index contributed by atoms with van der Waals surface area (Å²) in [6, 6.07) is 0. The molecule has 2 aliphatic carbocycles. The van der Waals surface area contributed by atoms with Crippen LogP contribution >= 0.6 is 0 Å². The molecule has 5 atom stereocenters. The fourth-order valence-electron chi connectivity index (χ4n) is 3.62. The lowest BCUT2D eigenvalue weighted by molar-refractivity contribution is -0.154. The van der Waals surface area contributed by atoms with E-state index in [0.717, 1.165) is 12.8 Å². The number of carbonyl (C=O) groups is 2. The summed E-state index contributed by atoms with van der Waals surface area (Å²) in [5.74, 6) is 0.830. The number of cyclic esters (lactones) is 1. The Morgan fingerprint density at radius 1 is 1.40 bits per heavy atom. The molecule has 4 heteroatoms. The molecular formula is C11H14O4. The van der Waals surface area contributed by atoms with Crippen molar-refractivity contribution in [3.63, 3.8) is 0 Å². The largest absolute Gasteiger partial charge is 0.465 e. The predicted molar refractivity (Wildman–Crippen MR) is 49.7 cm³/mol. The summed E-state index contributed by atoms with van der Waals surface area (Å²) in [6.07, 6.45) is 1.91. The van der Waals surface area contributed by atoms with Gasteiger partial charge in [-0.2, -0.15) is 0 Å². The van der Waals surface area contributed by atoms with Crippen LogP contribution in [0.4, 0.5) is 0 Å². The highest BCUT2D eigenvalue weighted by molar-refractivity contribution is 5.76. The van der Waals surface area contributed by atoms with E-state index >= 15 is 0 Å². The van der Waals surface area contributed by atoms with E-state index in [2.05, 4.69) is 0 Å². The van der Waals surface area contributed by atoms with E-state index in [-0.39, 0.29) is 29.9 Å². The first-order chi connectivity index (χ1) is 7.16. The van der Waals surface area contributed by atoms with Crippen molar-refractivity contribution >= 4 is 11.9 Å². The molecule has 0 N–H and O–H groups in total. The lowest BCUT2D eigenvalue weighted by atomic mass is 9.80. The summed E-state index contributed by atoms with van der Waals surface area (Å²) >= 11 is 0. The minimum absolute atomic E-state index is 0.00750. The topological polar surface area (TPSA) is 52.6 Å². The van der Waals surface area contributed by atoms with Gasteiger partial charge in [-0.05, 0) is 18.8 Å². The lowest BCUT2D eigenvalue weighted by Gasteiger charge is -2.27. The van der Waals surface area contributed by atoms with Gasteiger partial charge < -0.3 is 9.47 Å². The summed E-state index contributed by atoms with van der Waals surface area (Å²) in [6.45, 7) is 2.01. The van der Waals surface area contributed by atoms with Crippen molar-refractivity contribution in [3.8, 4) is 0 Å². The number of hydrogen-bond acceptors (Lipinski definition) is 4. The fourth-order valence-corrected chi connectivity index (χ4v) is 3.62. The quantitative estimate of drug-likeness (QED) is 0.599. The summed E-state index contributed by atoms with van der Waals surface area (Å²) in [4.78, 5) is 22.4. The van der Waals surface area contributed by atoms with Crippen molar-refractivity contribution in [1.82, 2.24) is 0 Å². The van der Waals surface area contributed by atoms with Crippen LogP contribution in [-0.4, -0.2) is 24.6 Å². The number of ether oxygens (including phenoxy) is 2. The molecule has 3 aliphatic rings. The Morgan fingerprint density at radius 3 is 2.93 bits per heavy atom. The van der Waals surface area contributed by atoms with Crippen molar-refractivity contribution < 1.29 is 19.1 Å². The molecule has 82 valence electrons. The Bertz CT molecular complexity index is 325. The van der Waals surface area contributed by atoms with Crippen molar-refractivity contribution in [3.05, 3.63) is 0 Å². The number of hydrogen-bond donors (Lipinski definition) is 0. The second-order valence-electron chi connectivity index (χ2n) is 4.86. The van der Waals surface area contributed by atoms with Gasteiger partial charge in [0, 0.05) is 18.8 Å². The Morgan fingerprint density at radius 2 is 2.20 bits per heavy atom. The zero-order valence-corrected chi connectivity index (χ0v) is 8.64. The first-order valence-electron chi connectivity index (χ1n) is 5.50. The zero-order valence-electron chi connectivity index (χ0n) is 8.64. The highest BCUT2D eigenvalue weighted by atomic mass is 16.6. The van der Waals surface area contributed by atoms with Crippen LogP contribution in [-0.2, 0) is 19.1 Å². The third-order valence-electron chi connectivity index (χ3n) is 4.12. The molecule has 4 nitrogen and oxygen atoms in total. The molecular weight excluding hydrogens is 196 g/mol. The molecule has 2 saturated carbocycles. The van der Waals surface area contributed by atoms with E-state index in [4.69, 9.17) is 9.47 Å². The number of fused-ring (bicyclic) bond motifs is 5. The van der Waals surface area contributed by atoms with Gasteiger partial charge in [0.05, 0.1) is 12.5 Å². The van der Waals surface area contributed by atoms with E-state index in [1.54, 1.807) is 0 Å². The predicted octanol–water partition coefficient (Wildman–Crippen LogP) is 0.747. The average molecular weight is 210 g/mol. The highest BCUT2D eigenvalue weighted by Crippen LogP contribution is 2.55. The Hall–Kier alpha value is -1.06. The minimum atomic E-state index is -0.240. The maximum atomic E-state index is 11.5. The summed E-state index contributed by atoms with van der Waals surface area (Å²) in [5, 5.41) is 0. The van der Waals surface area contributed by atoms with E-state index in [9.17, 15) is 9.59 Å². The van der Waals surface area contributed by atoms with E-state index < -0.39 is 0 Å². The van der Waals surface area contributed by atoms with Crippen molar-refractivity contribution in [2.24, 2.45) is 23.7 Å². The van der Waals surface area contributed by atoms with Crippen LogP contribution in [0.15, 0.2) is 0 Å². The fraction of sp³-hybridized carbons (Fsp3) is 0.818.